The molecule has 0 saturated carbocycles. The number of halogens is 1. The third-order valence-electron chi connectivity index (χ3n) is 6.03. The first-order valence-corrected chi connectivity index (χ1v) is 12.6. The lowest BCUT2D eigenvalue weighted by atomic mass is 10.1. The fourth-order valence-electron chi connectivity index (χ4n) is 4.28. The number of carbonyl (C=O) groups is 2. The molecule has 1 aliphatic heterocycles. The van der Waals surface area contributed by atoms with Crippen LogP contribution in [-0.4, -0.2) is 33.0 Å². The van der Waals surface area contributed by atoms with Gasteiger partial charge in [-0.1, -0.05) is 77.0 Å². The molecule has 0 saturated heterocycles. The lowest BCUT2D eigenvalue weighted by Crippen LogP contribution is -2.37. The summed E-state index contributed by atoms with van der Waals surface area (Å²) >= 11 is 7.11. The van der Waals surface area contributed by atoms with E-state index in [1.54, 1.807) is 48.5 Å². The number of carbonyl (C=O) groups excluding carboxylic acids is 2. The van der Waals surface area contributed by atoms with Crippen molar-refractivity contribution in [3.63, 3.8) is 0 Å². The summed E-state index contributed by atoms with van der Waals surface area (Å²) in [6.07, 6.45) is 0. The highest BCUT2D eigenvalue weighted by atomic mass is 35.5. The van der Waals surface area contributed by atoms with Crippen molar-refractivity contribution in [2.24, 2.45) is 0 Å². The zero-order valence-electron chi connectivity index (χ0n) is 19.4. The van der Waals surface area contributed by atoms with E-state index >= 15 is 0 Å². The smallest absolute Gasteiger partial charge is 0.291 e. The minimum Gasteiger partial charge on any atom is -0.324 e. The van der Waals surface area contributed by atoms with Gasteiger partial charge in [-0.25, -0.2) is 0 Å². The molecule has 37 heavy (non-hydrogen) atoms. The lowest BCUT2D eigenvalue weighted by molar-refractivity contribution is -0.118. The number of aromatic nitrogens is 3. The van der Waals surface area contributed by atoms with E-state index < -0.39 is 11.5 Å². The van der Waals surface area contributed by atoms with Crippen LogP contribution >= 0.6 is 22.9 Å². The third-order valence-corrected chi connectivity index (χ3v) is 7.29. The fraction of sp³-hybridized carbons (Fsp3) is 0.0741. The molecule has 1 aliphatic rings. The van der Waals surface area contributed by atoms with Crippen molar-refractivity contribution in [3.05, 3.63) is 104 Å². The maximum Gasteiger partial charge on any atom is 0.291 e. The highest BCUT2D eigenvalue weighted by Gasteiger charge is 2.35. The molecule has 182 valence electrons. The Bertz CT molecular complexity index is 1830. The number of amides is 2. The van der Waals surface area contributed by atoms with Crippen molar-refractivity contribution in [2.45, 2.75) is 6.92 Å². The Kier molecular flexibility index (Phi) is 5.58. The van der Waals surface area contributed by atoms with Gasteiger partial charge in [-0.15, -0.1) is 5.10 Å². The van der Waals surface area contributed by atoms with Crippen LogP contribution < -0.4 is 20.3 Å². The van der Waals surface area contributed by atoms with Gasteiger partial charge in [-0.2, -0.15) is 9.50 Å². The molecule has 0 radical (unpaired) electrons. The van der Waals surface area contributed by atoms with Crippen LogP contribution in [0.25, 0.3) is 21.9 Å². The Labute approximate surface area is 219 Å². The molecule has 0 bridgehead atoms. The Balaban J connectivity index is 1.38. The van der Waals surface area contributed by atoms with Crippen molar-refractivity contribution in [1.82, 2.24) is 14.6 Å². The van der Waals surface area contributed by atoms with Gasteiger partial charge in [0.1, 0.15) is 11.1 Å². The molecule has 5 aromatic rings. The van der Waals surface area contributed by atoms with E-state index in [-0.39, 0.29) is 22.6 Å². The van der Waals surface area contributed by atoms with E-state index in [2.05, 4.69) is 15.4 Å². The maximum atomic E-state index is 13.6. The van der Waals surface area contributed by atoms with Gasteiger partial charge in [-0.05, 0) is 31.2 Å². The topological polar surface area (TPSA) is 96.7 Å². The number of nitrogens with zero attached hydrogens (tertiary/aromatic N) is 4. The standard InChI is InChI=1S/C27H18ClN5O3S/c1-15-9-11-16(12-10-15)24-30-27-33(31-24)26(36)23(37-27)22-19-7-2-3-8-20(19)32(25(22)35)14-21(34)29-18-6-4-5-17(28)13-18/h2-13H,14H2,1H3,(H,29,34). The molecule has 3 aromatic carbocycles. The highest BCUT2D eigenvalue weighted by molar-refractivity contribution is 7.15. The van der Waals surface area contributed by atoms with Crippen molar-refractivity contribution in [3.8, 4) is 11.4 Å². The number of para-hydroxylation sites is 1. The number of anilines is 2. The second-order valence-corrected chi connectivity index (χ2v) is 9.99. The van der Waals surface area contributed by atoms with Gasteiger partial charge in [0, 0.05) is 21.8 Å². The monoisotopic (exact) mass is 527 g/mol. The number of aryl methyl sites for hydroxylation is 1. The van der Waals surface area contributed by atoms with E-state index in [4.69, 9.17) is 11.6 Å². The first-order valence-electron chi connectivity index (χ1n) is 11.4. The summed E-state index contributed by atoms with van der Waals surface area (Å²) in [6.45, 7) is 1.77. The van der Waals surface area contributed by atoms with E-state index in [0.717, 1.165) is 22.5 Å². The van der Waals surface area contributed by atoms with Crippen LogP contribution in [0.5, 0.6) is 0 Å². The summed E-state index contributed by atoms with van der Waals surface area (Å²) in [5.74, 6) is -0.375. The van der Waals surface area contributed by atoms with E-state index in [1.807, 2.05) is 31.2 Å². The predicted octanol–water partition coefficient (Wildman–Crippen LogP) is 3.68. The summed E-state index contributed by atoms with van der Waals surface area (Å²) in [5, 5.41) is 7.64. The number of benzene rings is 3. The summed E-state index contributed by atoms with van der Waals surface area (Å²) < 4.78 is 1.47. The van der Waals surface area contributed by atoms with Gasteiger partial charge in [0.25, 0.3) is 11.5 Å². The molecule has 0 fully saturated rings. The summed E-state index contributed by atoms with van der Waals surface area (Å²) in [6, 6.07) is 21.6. The Morgan fingerprint density at radius 3 is 2.57 bits per heavy atom. The van der Waals surface area contributed by atoms with Crippen molar-refractivity contribution in [1.29, 1.82) is 0 Å². The molecular formula is C27H18ClN5O3S. The Hall–Kier alpha value is -4.34. The number of fused-ring (bicyclic) bond motifs is 2. The number of hydrogen-bond acceptors (Lipinski definition) is 6. The number of nitrogens with one attached hydrogen (secondary N) is 1. The molecule has 8 nitrogen and oxygen atoms in total. The van der Waals surface area contributed by atoms with Crippen LogP contribution in [0.1, 0.15) is 11.1 Å². The largest absolute Gasteiger partial charge is 0.324 e. The maximum absolute atomic E-state index is 13.6. The molecule has 0 atom stereocenters. The van der Waals surface area contributed by atoms with Crippen LogP contribution in [0.3, 0.4) is 0 Å². The van der Waals surface area contributed by atoms with Crippen LogP contribution in [-0.2, 0) is 9.59 Å². The minimum atomic E-state index is -0.428. The van der Waals surface area contributed by atoms with Crippen molar-refractivity contribution >= 4 is 56.7 Å². The molecule has 2 amide bonds. The molecule has 10 heteroatoms. The number of hydrogen-bond donors (Lipinski definition) is 1. The van der Waals surface area contributed by atoms with Crippen molar-refractivity contribution < 1.29 is 9.59 Å². The number of thiazole rings is 1. The van der Waals surface area contributed by atoms with E-state index in [1.165, 1.54) is 9.42 Å². The summed E-state index contributed by atoms with van der Waals surface area (Å²) in [7, 11) is 0. The van der Waals surface area contributed by atoms with Crippen LogP contribution in [0, 0.1) is 6.92 Å². The molecule has 2 aromatic heterocycles. The van der Waals surface area contributed by atoms with Crippen LogP contribution in [0.4, 0.5) is 11.4 Å². The first kappa shape index (κ1) is 23.1. The second kappa shape index (κ2) is 8.95. The first-order chi connectivity index (χ1) is 17.9. The van der Waals surface area contributed by atoms with E-state index in [9.17, 15) is 14.4 Å². The predicted molar refractivity (Wildman–Crippen MR) is 144 cm³/mol. The fourth-order valence-corrected chi connectivity index (χ4v) is 5.47. The van der Waals surface area contributed by atoms with Crippen LogP contribution in [0.15, 0.2) is 77.6 Å². The average molecular weight is 528 g/mol. The molecular weight excluding hydrogens is 510 g/mol. The van der Waals surface area contributed by atoms with Crippen molar-refractivity contribution in [2.75, 3.05) is 16.8 Å². The summed E-state index contributed by atoms with van der Waals surface area (Å²) in [5.41, 5.74) is 3.40. The zero-order valence-corrected chi connectivity index (χ0v) is 21.0. The second-order valence-electron chi connectivity index (χ2n) is 8.57. The van der Waals surface area contributed by atoms with Gasteiger partial charge in [0.2, 0.25) is 10.9 Å². The van der Waals surface area contributed by atoms with Gasteiger partial charge in [0.05, 0.1) is 11.3 Å². The Morgan fingerprint density at radius 1 is 1.03 bits per heavy atom. The molecule has 0 spiro atoms. The normalized spacial score (nSPS) is 14.3. The van der Waals surface area contributed by atoms with E-state index in [0.29, 0.717) is 32.7 Å². The van der Waals surface area contributed by atoms with Gasteiger partial charge in [0.15, 0.2) is 5.82 Å². The molecule has 0 aliphatic carbocycles. The third kappa shape index (κ3) is 4.08. The highest BCUT2D eigenvalue weighted by Crippen LogP contribution is 2.35. The zero-order chi connectivity index (χ0) is 25.7. The Morgan fingerprint density at radius 2 is 1.81 bits per heavy atom. The molecule has 6 rings (SSSR count). The average Bonchev–Trinajstić information content (AvgIpc) is 3.51. The minimum absolute atomic E-state index is 0.224. The van der Waals surface area contributed by atoms with Crippen LogP contribution in [0.2, 0.25) is 5.02 Å². The quantitative estimate of drug-likeness (QED) is 0.384. The van der Waals surface area contributed by atoms with Gasteiger partial charge >= 0.3 is 0 Å². The lowest BCUT2D eigenvalue weighted by Gasteiger charge is -2.16. The molecule has 3 heterocycles. The molecule has 1 N–H and O–H groups in total. The summed E-state index contributed by atoms with van der Waals surface area (Å²) in [4.78, 5) is 46.0. The molecule has 0 unspecified atom stereocenters. The van der Waals surface area contributed by atoms with Gasteiger partial charge < -0.3 is 5.32 Å². The SMILES string of the molecule is Cc1ccc(-c2nc3sc(=C4C(=O)N(CC(=O)Nc5cccc(Cl)c5)c5ccccc54)c(=O)n3n2)cc1. The number of rotatable bonds is 4. The van der Waals surface area contributed by atoms with Gasteiger partial charge in [-0.3, -0.25) is 19.3 Å².